The van der Waals surface area contributed by atoms with Gasteiger partial charge in [-0.15, -0.1) is 13.2 Å². The Morgan fingerprint density at radius 3 is 2.67 bits per heavy atom. The van der Waals surface area contributed by atoms with Crippen LogP contribution in [-0.2, 0) is 12.7 Å². The molecule has 0 aliphatic carbocycles. The van der Waals surface area contributed by atoms with Crippen molar-refractivity contribution in [3.05, 3.63) is 18.2 Å². The maximum atomic E-state index is 12.1. The first-order valence-corrected chi connectivity index (χ1v) is 3.65. The van der Waals surface area contributed by atoms with Crippen LogP contribution in [0.25, 0.3) is 0 Å². The predicted octanol–water partition coefficient (Wildman–Crippen LogP) is 2.31. The molecule has 5 heteroatoms. The summed E-state index contributed by atoms with van der Waals surface area (Å²) in [5.41, 5.74) is 0. The molecule has 1 aromatic rings. The van der Waals surface area contributed by atoms with Gasteiger partial charge < -0.3 is 0 Å². The maximum absolute atomic E-state index is 12.1. The third-order valence-corrected chi connectivity index (χ3v) is 1.46. The second-order valence-corrected chi connectivity index (χ2v) is 2.43. The number of alkyl halides is 3. The lowest BCUT2D eigenvalue weighted by Gasteiger charge is -2.09. The Kier molecular flexibility index (Phi) is 2.40. The molecule has 0 aliphatic heterocycles. The minimum absolute atomic E-state index is 0.0741. The van der Waals surface area contributed by atoms with Crippen LogP contribution in [0.4, 0.5) is 13.2 Å². The molecular formula is C7H9F3N2. The summed E-state index contributed by atoms with van der Waals surface area (Å²) in [6.07, 6.45) is -1.22. The first kappa shape index (κ1) is 9.09. The van der Waals surface area contributed by atoms with E-state index in [1.165, 1.54) is 6.20 Å². The van der Waals surface area contributed by atoms with Crippen LogP contribution in [0.1, 0.15) is 19.2 Å². The highest BCUT2D eigenvalue weighted by atomic mass is 19.4. The average molecular weight is 178 g/mol. The Hall–Kier alpha value is -1.00. The molecule has 0 fully saturated rings. The predicted molar refractivity (Wildman–Crippen MR) is 37.5 cm³/mol. The van der Waals surface area contributed by atoms with Gasteiger partial charge in [-0.25, -0.2) is 9.55 Å². The third-order valence-electron chi connectivity index (χ3n) is 1.46. The number of imidazole rings is 1. The number of hydrogen-bond donors (Lipinski definition) is 0. The summed E-state index contributed by atoms with van der Waals surface area (Å²) >= 11 is 0. The highest BCUT2D eigenvalue weighted by Gasteiger charge is 2.32. The molecule has 0 radical (unpaired) electrons. The van der Waals surface area contributed by atoms with E-state index in [2.05, 4.69) is 4.98 Å². The normalized spacial score (nSPS) is 12.0. The lowest BCUT2D eigenvalue weighted by Crippen LogP contribution is -2.18. The van der Waals surface area contributed by atoms with Crippen LogP contribution in [0.15, 0.2) is 12.4 Å². The molecule has 0 unspecified atom stereocenters. The molecule has 0 saturated heterocycles. The van der Waals surface area contributed by atoms with Crippen LogP contribution < -0.4 is 0 Å². The number of rotatable bonds is 2. The highest BCUT2D eigenvalue weighted by molar-refractivity contribution is 4.93. The molecule has 0 spiro atoms. The molecule has 1 heterocycles. The zero-order valence-electron chi connectivity index (χ0n) is 6.60. The molecule has 0 aromatic carbocycles. The Balaban J connectivity index is 2.91. The summed E-state index contributed by atoms with van der Waals surface area (Å²) in [5, 5.41) is 0. The molecule has 12 heavy (non-hydrogen) atoms. The van der Waals surface area contributed by atoms with Crippen molar-refractivity contribution in [2.45, 2.75) is 26.1 Å². The summed E-state index contributed by atoms with van der Waals surface area (Å²) in [6.45, 7) is 1.81. The van der Waals surface area contributed by atoms with E-state index in [1.807, 2.05) is 6.92 Å². The van der Waals surface area contributed by atoms with Crippen LogP contribution in [0, 0.1) is 0 Å². The lowest BCUT2D eigenvalue weighted by molar-refractivity contribution is -0.205. The Bertz CT molecular complexity index is 251. The smallest absolute Gasteiger partial charge is 0.245 e. The molecule has 0 amide bonds. The van der Waals surface area contributed by atoms with Crippen molar-refractivity contribution in [3.63, 3.8) is 0 Å². The van der Waals surface area contributed by atoms with E-state index >= 15 is 0 Å². The van der Waals surface area contributed by atoms with Crippen molar-refractivity contribution >= 4 is 0 Å². The van der Waals surface area contributed by atoms with Gasteiger partial charge in [0.2, 0.25) is 0 Å². The molecule has 0 bridgehead atoms. The van der Waals surface area contributed by atoms with E-state index in [-0.39, 0.29) is 10.4 Å². The molecule has 0 saturated carbocycles. The third kappa shape index (κ3) is 1.78. The standard InChI is InChI=1S/C7H9F3N2/c1-2-3-6-11-4-5-12(6)7(8,9)10/h4-5H,2-3H2,1H3. The van der Waals surface area contributed by atoms with E-state index in [0.717, 1.165) is 6.20 Å². The highest BCUT2D eigenvalue weighted by Crippen LogP contribution is 2.23. The molecule has 0 N–H and O–H groups in total. The van der Waals surface area contributed by atoms with Crippen molar-refractivity contribution in [1.82, 2.24) is 9.55 Å². The second kappa shape index (κ2) is 3.16. The van der Waals surface area contributed by atoms with Crippen molar-refractivity contribution in [2.24, 2.45) is 0 Å². The minimum atomic E-state index is -4.33. The van der Waals surface area contributed by atoms with E-state index in [4.69, 9.17) is 0 Å². The molecule has 0 atom stereocenters. The number of nitrogens with zero attached hydrogens (tertiary/aromatic N) is 2. The van der Waals surface area contributed by atoms with E-state index < -0.39 is 6.30 Å². The fourth-order valence-electron chi connectivity index (χ4n) is 0.974. The zero-order chi connectivity index (χ0) is 9.19. The fraction of sp³-hybridized carbons (Fsp3) is 0.571. The Morgan fingerprint density at radius 1 is 1.50 bits per heavy atom. The van der Waals surface area contributed by atoms with Crippen molar-refractivity contribution in [2.75, 3.05) is 0 Å². The average Bonchev–Trinajstić information content (AvgIpc) is 2.34. The van der Waals surface area contributed by atoms with Gasteiger partial charge in [-0.2, -0.15) is 0 Å². The van der Waals surface area contributed by atoms with Gasteiger partial charge in [0, 0.05) is 18.8 Å². The van der Waals surface area contributed by atoms with Crippen molar-refractivity contribution in [1.29, 1.82) is 0 Å². The van der Waals surface area contributed by atoms with Crippen LogP contribution in [0.3, 0.4) is 0 Å². The number of hydrogen-bond acceptors (Lipinski definition) is 1. The largest absolute Gasteiger partial charge is 0.489 e. The first-order chi connectivity index (χ1) is 5.55. The van der Waals surface area contributed by atoms with Crippen LogP contribution >= 0.6 is 0 Å². The topological polar surface area (TPSA) is 17.8 Å². The van der Waals surface area contributed by atoms with Crippen LogP contribution in [0.5, 0.6) is 0 Å². The summed E-state index contributed by atoms with van der Waals surface area (Å²) in [6, 6.07) is 0. The van der Waals surface area contributed by atoms with Gasteiger partial charge in [-0.05, 0) is 6.42 Å². The van der Waals surface area contributed by atoms with Crippen LogP contribution in [0.2, 0.25) is 0 Å². The first-order valence-electron chi connectivity index (χ1n) is 3.65. The molecule has 1 rings (SSSR count). The monoisotopic (exact) mass is 178 g/mol. The Labute approximate surface area is 68.0 Å². The zero-order valence-corrected chi connectivity index (χ0v) is 6.60. The van der Waals surface area contributed by atoms with Gasteiger partial charge >= 0.3 is 6.30 Å². The maximum Gasteiger partial charge on any atom is 0.489 e. The molecule has 0 aliphatic rings. The molecule has 2 nitrogen and oxygen atoms in total. The van der Waals surface area contributed by atoms with E-state index in [1.54, 1.807) is 0 Å². The van der Waals surface area contributed by atoms with Gasteiger partial charge in [0.15, 0.2) is 0 Å². The van der Waals surface area contributed by atoms with Crippen molar-refractivity contribution in [3.8, 4) is 0 Å². The summed E-state index contributed by atoms with van der Waals surface area (Å²) in [7, 11) is 0. The quantitative estimate of drug-likeness (QED) is 0.679. The lowest BCUT2D eigenvalue weighted by atomic mass is 10.3. The van der Waals surface area contributed by atoms with Gasteiger partial charge in [0.05, 0.1) is 0 Å². The summed E-state index contributed by atoms with van der Waals surface area (Å²) in [5.74, 6) is 0.0741. The van der Waals surface area contributed by atoms with Crippen LogP contribution in [-0.4, -0.2) is 9.55 Å². The Morgan fingerprint density at radius 2 is 2.17 bits per heavy atom. The molecule has 1 aromatic heterocycles. The number of aryl methyl sites for hydroxylation is 1. The summed E-state index contributed by atoms with van der Waals surface area (Å²) in [4.78, 5) is 3.62. The number of aromatic nitrogens is 2. The van der Waals surface area contributed by atoms with E-state index in [0.29, 0.717) is 12.8 Å². The second-order valence-electron chi connectivity index (χ2n) is 2.43. The minimum Gasteiger partial charge on any atom is -0.245 e. The van der Waals surface area contributed by atoms with Gasteiger partial charge in [0.25, 0.3) is 0 Å². The van der Waals surface area contributed by atoms with Gasteiger partial charge in [-0.3, -0.25) is 0 Å². The molecule has 68 valence electrons. The SMILES string of the molecule is CCCc1nccn1C(F)(F)F. The summed E-state index contributed by atoms with van der Waals surface area (Å²) < 4.78 is 36.6. The molecular weight excluding hydrogens is 169 g/mol. The number of halogens is 3. The van der Waals surface area contributed by atoms with E-state index in [9.17, 15) is 13.2 Å². The van der Waals surface area contributed by atoms with Gasteiger partial charge in [-0.1, -0.05) is 6.92 Å². The van der Waals surface area contributed by atoms with Gasteiger partial charge in [0.1, 0.15) is 5.82 Å². The van der Waals surface area contributed by atoms with Crippen molar-refractivity contribution < 1.29 is 13.2 Å². The fourth-order valence-corrected chi connectivity index (χ4v) is 0.974.